The molecule has 9 aromatic rings. The summed E-state index contributed by atoms with van der Waals surface area (Å²) in [7, 11) is 0. The van der Waals surface area contributed by atoms with Crippen molar-refractivity contribution in [3.05, 3.63) is 194 Å². The lowest BCUT2D eigenvalue weighted by atomic mass is 9.94. The van der Waals surface area contributed by atoms with Crippen LogP contribution in [-0.2, 0) is 6.42 Å². The molecule has 2 heterocycles. The first-order chi connectivity index (χ1) is 30.4. The highest BCUT2D eigenvalue weighted by atomic mass is 16.5. The lowest BCUT2D eigenvalue weighted by Crippen LogP contribution is -2.15. The van der Waals surface area contributed by atoms with Crippen LogP contribution >= 0.6 is 0 Å². The SMILES string of the molecule is CC(C)CCCC(C)CCc1ccc(-c2ccc(N(c3ccc(-c4ccc5c(c4)Oc4ccccc4N5c4ccccc4)cc3)c3ccc4c(c3)oc3ccccc34)cc2)cc1. The first kappa shape index (κ1) is 39.1. The summed E-state index contributed by atoms with van der Waals surface area (Å²) >= 11 is 0. The van der Waals surface area contributed by atoms with Gasteiger partial charge in [0.15, 0.2) is 11.5 Å². The van der Waals surface area contributed by atoms with E-state index in [-0.39, 0.29) is 0 Å². The quantitative estimate of drug-likeness (QED) is 0.116. The van der Waals surface area contributed by atoms with Crippen LogP contribution in [0.4, 0.5) is 34.1 Å². The van der Waals surface area contributed by atoms with Crippen molar-refractivity contribution in [2.75, 3.05) is 9.80 Å². The molecule has 0 saturated carbocycles. The van der Waals surface area contributed by atoms with Crippen LogP contribution in [0.25, 0.3) is 44.2 Å². The Hall–Kier alpha value is -7.04. The smallest absolute Gasteiger partial charge is 0.152 e. The predicted molar refractivity (Wildman–Crippen MR) is 260 cm³/mol. The van der Waals surface area contributed by atoms with Crippen LogP contribution in [0.3, 0.4) is 0 Å². The fourth-order valence-corrected chi connectivity index (χ4v) is 8.99. The Kier molecular flexibility index (Phi) is 10.8. The van der Waals surface area contributed by atoms with Crippen molar-refractivity contribution in [2.24, 2.45) is 11.8 Å². The number of ether oxygens (including phenoxy) is 1. The molecule has 0 N–H and O–H groups in total. The molecule has 1 atom stereocenters. The maximum absolute atomic E-state index is 6.55. The van der Waals surface area contributed by atoms with E-state index in [1.165, 1.54) is 42.4 Å². The molecule has 4 heteroatoms. The Morgan fingerprint density at radius 2 is 1.06 bits per heavy atom. The molecule has 1 aliphatic heterocycles. The van der Waals surface area contributed by atoms with Crippen LogP contribution in [0, 0.1) is 11.8 Å². The van der Waals surface area contributed by atoms with Gasteiger partial charge in [-0.3, -0.25) is 0 Å². The molecule has 0 spiro atoms. The highest BCUT2D eigenvalue weighted by Crippen LogP contribution is 2.51. The fourth-order valence-electron chi connectivity index (χ4n) is 8.99. The van der Waals surface area contributed by atoms with E-state index >= 15 is 0 Å². The van der Waals surface area contributed by atoms with Gasteiger partial charge in [-0.25, -0.2) is 0 Å². The summed E-state index contributed by atoms with van der Waals surface area (Å²) < 4.78 is 12.9. The molecule has 1 unspecified atom stereocenters. The van der Waals surface area contributed by atoms with Crippen molar-refractivity contribution >= 4 is 56.1 Å². The number of rotatable bonds is 13. The normalized spacial score (nSPS) is 12.6. The number of aryl methyl sites for hydroxylation is 1. The predicted octanol–water partition coefficient (Wildman–Crippen LogP) is 17.4. The number of fused-ring (bicyclic) bond motifs is 5. The number of nitrogens with zero attached hydrogens (tertiary/aromatic N) is 2. The van der Waals surface area contributed by atoms with E-state index in [0.29, 0.717) is 0 Å². The van der Waals surface area contributed by atoms with Gasteiger partial charge in [0.25, 0.3) is 0 Å². The van der Waals surface area contributed by atoms with Gasteiger partial charge in [-0.05, 0) is 131 Å². The standard InChI is InChI=1S/C58H52N2O2/c1-40(2)12-11-13-41(3)20-21-42-22-24-43(25-23-42)44-26-31-48(32-27-44)59(50-35-36-52-51-16-7-9-18-55(51)61-57(52)39-50)49-33-28-45(29-34-49)46-30-37-54-58(38-46)62-56-19-10-8-17-53(56)60(54)47-14-5-4-6-15-47/h4-10,14-19,22-41H,11-13,20-21H2,1-3H3. The summed E-state index contributed by atoms with van der Waals surface area (Å²) in [6, 6.07) is 67.0. The number of furan rings is 1. The van der Waals surface area contributed by atoms with Gasteiger partial charge in [0, 0.05) is 39.6 Å². The second-order valence-corrected chi connectivity index (χ2v) is 17.3. The summed E-state index contributed by atoms with van der Waals surface area (Å²) in [5.41, 5.74) is 14.1. The first-order valence-electron chi connectivity index (χ1n) is 22.2. The Balaban J connectivity index is 0.941. The van der Waals surface area contributed by atoms with Gasteiger partial charge >= 0.3 is 0 Å². The highest BCUT2D eigenvalue weighted by Gasteiger charge is 2.26. The third-order valence-corrected chi connectivity index (χ3v) is 12.4. The molecule has 0 aliphatic carbocycles. The molecule has 1 aliphatic rings. The van der Waals surface area contributed by atoms with Crippen LogP contribution in [0.1, 0.15) is 52.0 Å². The number of para-hydroxylation sites is 4. The third-order valence-electron chi connectivity index (χ3n) is 12.4. The average molecular weight is 809 g/mol. The molecule has 0 radical (unpaired) electrons. The molecule has 0 amide bonds. The second-order valence-electron chi connectivity index (χ2n) is 17.3. The maximum atomic E-state index is 6.55. The van der Waals surface area contributed by atoms with Crippen LogP contribution in [-0.4, -0.2) is 0 Å². The van der Waals surface area contributed by atoms with Crippen LogP contribution in [0.5, 0.6) is 11.5 Å². The number of benzene rings is 8. The molecule has 0 fully saturated rings. The zero-order valence-electron chi connectivity index (χ0n) is 35.8. The molecule has 306 valence electrons. The number of hydrogen-bond donors (Lipinski definition) is 0. The van der Waals surface area contributed by atoms with Crippen molar-refractivity contribution in [1.82, 2.24) is 0 Å². The minimum atomic E-state index is 0.760. The molecular weight excluding hydrogens is 757 g/mol. The monoisotopic (exact) mass is 808 g/mol. The Labute approximate surface area is 365 Å². The minimum Gasteiger partial charge on any atom is -0.456 e. The van der Waals surface area contributed by atoms with E-state index in [9.17, 15) is 0 Å². The summed E-state index contributed by atoms with van der Waals surface area (Å²) in [5, 5.41) is 2.24. The Bertz CT molecular complexity index is 2950. The van der Waals surface area contributed by atoms with E-state index in [4.69, 9.17) is 9.15 Å². The molecule has 10 rings (SSSR count). The van der Waals surface area contributed by atoms with E-state index in [0.717, 1.165) is 96.9 Å². The lowest BCUT2D eigenvalue weighted by Gasteiger charge is -2.33. The summed E-state index contributed by atoms with van der Waals surface area (Å²) in [4.78, 5) is 4.59. The van der Waals surface area contributed by atoms with Gasteiger partial charge in [0.1, 0.15) is 11.2 Å². The molecule has 62 heavy (non-hydrogen) atoms. The van der Waals surface area contributed by atoms with E-state index in [1.807, 2.05) is 30.3 Å². The van der Waals surface area contributed by atoms with Crippen molar-refractivity contribution in [1.29, 1.82) is 0 Å². The van der Waals surface area contributed by atoms with Crippen molar-refractivity contribution in [2.45, 2.75) is 52.9 Å². The third kappa shape index (κ3) is 7.97. The largest absolute Gasteiger partial charge is 0.456 e. The number of hydrogen-bond acceptors (Lipinski definition) is 4. The Morgan fingerprint density at radius 3 is 1.81 bits per heavy atom. The van der Waals surface area contributed by atoms with E-state index in [1.54, 1.807) is 0 Å². The highest BCUT2D eigenvalue weighted by molar-refractivity contribution is 6.06. The van der Waals surface area contributed by atoms with Crippen molar-refractivity contribution in [3.8, 4) is 33.8 Å². The van der Waals surface area contributed by atoms with Gasteiger partial charge in [-0.1, -0.05) is 143 Å². The van der Waals surface area contributed by atoms with Crippen molar-refractivity contribution in [3.63, 3.8) is 0 Å². The lowest BCUT2D eigenvalue weighted by molar-refractivity contribution is 0.437. The zero-order chi connectivity index (χ0) is 42.0. The molecular formula is C58H52N2O2. The first-order valence-corrected chi connectivity index (χ1v) is 22.2. The van der Waals surface area contributed by atoms with E-state index < -0.39 is 0 Å². The molecule has 8 aromatic carbocycles. The topological polar surface area (TPSA) is 28.9 Å². The molecule has 4 nitrogen and oxygen atoms in total. The van der Waals surface area contributed by atoms with Crippen LogP contribution < -0.4 is 14.5 Å². The average Bonchev–Trinajstić information content (AvgIpc) is 3.69. The Morgan fingerprint density at radius 1 is 0.468 bits per heavy atom. The summed E-state index contributed by atoms with van der Waals surface area (Å²) in [5.74, 6) is 3.22. The van der Waals surface area contributed by atoms with Gasteiger partial charge in [0.2, 0.25) is 0 Å². The fraction of sp³-hybridized carbons (Fsp3) is 0.172. The molecule has 0 saturated heterocycles. The minimum absolute atomic E-state index is 0.760. The number of anilines is 6. The van der Waals surface area contributed by atoms with Crippen molar-refractivity contribution < 1.29 is 9.15 Å². The van der Waals surface area contributed by atoms with E-state index in [2.05, 4.69) is 188 Å². The van der Waals surface area contributed by atoms with Gasteiger partial charge in [0.05, 0.1) is 11.4 Å². The molecule has 1 aromatic heterocycles. The van der Waals surface area contributed by atoms with Crippen LogP contribution in [0.15, 0.2) is 192 Å². The summed E-state index contributed by atoms with van der Waals surface area (Å²) in [6.45, 7) is 7.05. The van der Waals surface area contributed by atoms with Gasteiger partial charge in [-0.2, -0.15) is 0 Å². The molecule has 0 bridgehead atoms. The van der Waals surface area contributed by atoms with Gasteiger partial charge < -0.3 is 19.0 Å². The second kappa shape index (κ2) is 17.1. The van der Waals surface area contributed by atoms with Gasteiger partial charge in [-0.15, -0.1) is 0 Å². The maximum Gasteiger partial charge on any atom is 0.152 e. The van der Waals surface area contributed by atoms with Crippen LogP contribution in [0.2, 0.25) is 0 Å². The zero-order valence-corrected chi connectivity index (χ0v) is 35.8. The summed E-state index contributed by atoms with van der Waals surface area (Å²) in [6.07, 6.45) is 6.36.